The second-order valence-electron chi connectivity index (χ2n) is 7.80. The molecule has 0 saturated heterocycles. The number of aromatic nitrogens is 2. The van der Waals surface area contributed by atoms with E-state index in [1.807, 2.05) is 37.3 Å². The third kappa shape index (κ3) is 6.24. The number of carbonyl (C=O) groups is 1. The Morgan fingerprint density at radius 3 is 2.49 bits per heavy atom. The van der Waals surface area contributed by atoms with Crippen LogP contribution in [-0.2, 0) is 11.2 Å². The number of fused-ring (bicyclic) bond motifs is 1. The zero-order valence-corrected chi connectivity index (χ0v) is 19.7. The summed E-state index contributed by atoms with van der Waals surface area (Å²) in [6.45, 7) is -0.515. The highest BCUT2D eigenvalue weighted by atomic mass is 32.2. The topological polar surface area (TPSA) is 73.2 Å². The lowest BCUT2D eigenvalue weighted by molar-refractivity contribution is -0.118. The molecule has 0 unspecified atom stereocenters. The SMILES string of the molecule is Cc1ccc(-n2c(SCC(=O)NCCc3ccc(OC(F)F)cc3)nc3ccccc3c2=O)cc1. The molecule has 1 heterocycles. The van der Waals surface area contributed by atoms with Crippen LogP contribution in [0.15, 0.2) is 82.7 Å². The van der Waals surface area contributed by atoms with Crippen LogP contribution < -0.4 is 15.6 Å². The third-order valence-electron chi connectivity index (χ3n) is 5.25. The van der Waals surface area contributed by atoms with Gasteiger partial charge in [0.15, 0.2) is 5.16 Å². The fourth-order valence-corrected chi connectivity index (χ4v) is 4.34. The molecule has 0 atom stereocenters. The number of aryl methyl sites for hydroxylation is 1. The minimum Gasteiger partial charge on any atom is -0.435 e. The van der Waals surface area contributed by atoms with Crippen LogP contribution >= 0.6 is 11.8 Å². The van der Waals surface area contributed by atoms with Gasteiger partial charge in [0.2, 0.25) is 5.91 Å². The Hall–Kier alpha value is -3.72. The van der Waals surface area contributed by atoms with Crippen LogP contribution in [0.2, 0.25) is 0 Å². The van der Waals surface area contributed by atoms with Crippen molar-refractivity contribution in [3.63, 3.8) is 0 Å². The first-order valence-corrected chi connectivity index (χ1v) is 11.9. The number of amides is 1. The van der Waals surface area contributed by atoms with Crippen molar-refractivity contribution in [2.24, 2.45) is 0 Å². The van der Waals surface area contributed by atoms with Gasteiger partial charge in [0, 0.05) is 6.54 Å². The number of thioether (sulfide) groups is 1. The van der Waals surface area contributed by atoms with E-state index in [4.69, 9.17) is 0 Å². The number of ether oxygens (including phenoxy) is 1. The monoisotopic (exact) mass is 495 g/mol. The fourth-order valence-electron chi connectivity index (χ4n) is 3.50. The van der Waals surface area contributed by atoms with Gasteiger partial charge in [-0.3, -0.25) is 14.2 Å². The molecule has 3 aromatic carbocycles. The summed E-state index contributed by atoms with van der Waals surface area (Å²) in [5.74, 6) is -0.0325. The summed E-state index contributed by atoms with van der Waals surface area (Å²) < 4.78 is 30.4. The lowest BCUT2D eigenvalue weighted by Crippen LogP contribution is -2.28. The molecule has 0 aliphatic heterocycles. The van der Waals surface area contributed by atoms with Gasteiger partial charge in [-0.2, -0.15) is 8.78 Å². The van der Waals surface area contributed by atoms with Crippen molar-refractivity contribution in [1.82, 2.24) is 14.9 Å². The van der Waals surface area contributed by atoms with Crippen molar-refractivity contribution < 1.29 is 18.3 Å². The summed E-state index contributed by atoms with van der Waals surface area (Å²) in [6.07, 6.45) is 0.535. The smallest absolute Gasteiger partial charge is 0.387 e. The maximum atomic E-state index is 13.2. The minimum absolute atomic E-state index is 0.0812. The van der Waals surface area contributed by atoms with E-state index in [1.165, 1.54) is 28.5 Å². The van der Waals surface area contributed by atoms with E-state index in [2.05, 4.69) is 15.0 Å². The van der Waals surface area contributed by atoms with Gasteiger partial charge in [-0.1, -0.05) is 53.7 Å². The van der Waals surface area contributed by atoms with E-state index in [1.54, 1.807) is 30.3 Å². The number of nitrogens with one attached hydrogen (secondary N) is 1. The molecule has 0 bridgehead atoms. The molecule has 0 saturated carbocycles. The summed E-state index contributed by atoms with van der Waals surface area (Å²) >= 11 is 1.19. The first-order valence-electron chi connectivity index (χ1n) is 10.9. The summed E-state index contributed by atoms with van der Waals surface area (Å²) in [5.41, 5.74) is 3.01. The molecular formula is C26H23F2N3O3S. The van der Waals surface area contributed by atoms with Gasteiger partial charge < -0.3 is 10.1 Å². The van der Waals surface area contributed by atoms with E-state index >= 15 is 0 Å². The fraction of sp³-hybridized carbons (Fsp3) is 0.192. The highest BCUT2D eigenvalue weighted by Crippen LogP contribution is 2.21. The molecule has 0 radical (unpaired) electrons. The summed E-state index contributed by atoms with van der Waals surface area (Å²) in [4.78, 5) is 30.4. The lowest BCUT2D eigenvalue weighted by atomic mass is 10.1. The Bertz CT molecular complexity index is 1370. The quantitative estimate of drug-likeness (QED) is 0.268. The number of carbonyl (C=O) groups excluding carboxylic acids is 1. The number of halogens is 2. The molecule has 6 nitrogen and oxygen atoms in total. The average Bonchev–Trinajstić information content (AvgIpc) is 2.84. The highest BCUT2D eigenvalue weighted by molar-refractivity contribution is 7.99. The number of rotatable bonds is 9. The van der Waals surface area contributed by atoms with Crippen molar-refractivity contribution >= 4 is 28.6 Å². The van der Waals surface area contributed by atoms with Crippen LogP contribution in [0.5, 0.6) is 5.75 Å². The van der Waals surface area contributed by atoms with Gasteiger partial charge in [0.05, 0.1) is 22.3 Å². The van der Waals surface area contributed by atoms with E-state index in [0.717, 1.165) is 11.1 Å². The van der Waals surface area contributed by atoms with Crippen molar-refractivity contribution in [3.05, 3.63) is 94.3 Å². The van der Waals surface area contributed by atoms with Crippen LogP contribution in [-0.4, -0.2) is 34.4 Å². The summed E-state index contributed by atoms with van der Waals surface area (Å²) in [6, 6.07) is 21.0. The second-order valence-corrected chi connectivity index (χ2v) is 8.74. The van der Waals surface area contributed by atoms with Crippen LogP contribution in [0.3, 0.4) is 0 Å². The number of nitrogens with zero attached hydrogens (tertiary/aromatic N) is 2. The number of hydrogen-bond acceptors (Lipinski definition) is 5. The average molecular weight is 496 g/mol. The molecule has 1 N–H and O–H groups in total. The lowest BCUT2D eigenvalue weighted by Gasteiger charge is -2.13. The zero-order valence-electron chi connectivity index (χ0n) is 18.9. The molecule has 35 heavy (non-hydrogen) atoms. The Balaban J connectivity index is 1.42. The van der Waals surface area contributed by atoms with Gasteiger partial charge in [0.1, 0.15) is 5.75 Å². The molecule has 1 aromatic heterocycles. The Morgan fingerprint density at radius 1 is 1.06 bits per heavy atom. The molecule has 0 aliphatic rings. The van der Waals surface area contributed by atoms with E-state index in [-0.39, 0.29) is 23.0 Å². The summed E-state index contributed by atoms with van der Waals surface area (Å²) in [5, 5.41) is 3.78. The van der Waals surface area contributed by atoms with Crippen LogP contribution in [0, 0.1) is 6.92 Å². The van der Waals surface area contributed by atoms with Gasteiger partial charge in [-0.15, -0.1) is 0 Å². The first kappa shape index (κ1) is 24.4. The van der Waals surface area contributed by atoms with E-state index in [0.29, 0.717) is 34.7 Å². The number of hydrogen-bond donors (Lipinski definition) is 1. The van der Waals surface area contributed by atoms with Crippen LogP contribution in [0.4, 0.5) is 8.78 Å². The Labute approximate surface area is 205 Å². The minimum atomic E-state index is -2.86. The van der Waals surface area contributed by atoms with Crippen molar-refractivity contribution in [2.45, 2.75) is 25.1 Å². The van der Waals surface area contributed by atoms with E-state index in [9.17, 15) is 18.4 Å². The highest BCUT2D eigenvalue weighted by Gasteiger charge is 2.15. The molecule has 9 heteroatoms. The predicted molar refractivity (Wildman–Crippen MR) is 133 cm³/mol. The Kier molecular flexibility index (Phi) is 7.77. The third-order valence-corrected chi connectivity index (χ3v) is 6.19. The standard InChI is InChI=1S/C26H23F2N3O3S/c1-17-6-10-19(11-7-17)31-24(33)21-4-2-3-5-22(21)30-26(31)35-16-23(32)29-15-14-18-8-12-20(13-9-18)34-25(27)28/h2-13,25H,14-16H2,1H3,(H,29,32). The first-order chi connectivity index (χ1) is 16.9. The molecule has 4 aromatic rings. The maximum Gasteiger partial charge on any atom is 0.387 e. The van der Waals surface area contributed by atoms with Crippen LogP contribution in [0.1, 0.15) is 11.1 Å². The molecule has 1 amide bonds. The molecule has 0 fully saturated rings. The molecular weight excluding hydrogens is 472 g/mol. The Morgan fingerprint density at radius 2 is 1.77 bits per heavy atom. The van der Waals surface area contributed by atoms with Crippen molar-refractivity contribution in [1.29, 1.82) is 0 Å². The van der Waals surface area contributed by atoms with Crippen LogP contribution in [0.25, 0.3) is 16.6 Å². The van der Waals surface area contributed by atoms with Crippen molar-refractivity contribution in [2.75, 3.05) is 12.3 Å². The predicted octanol–water partition coefficient (Wildman–Crippen LogP) is 4.75. The summed E-state index contributed by atoms with van der Waals surface area (Å²) in [7, 11) is 0. The molecule has 0 aliphatic carbocycles. The number of para-hydroxylation sites is 1. The van der Waals surface area contributed by atoms with Gasteiger partial charge in [0.25, 0.3) is 5.56 Å². The molecule has 0 spiro atoms. The largest absolute Gasteiger partial charge is 0.435 e. The molecule has 4 rings (SSSR count). The number of benzene rings is 3. The van der Waals surface area contributed by atoms with Crippen molar-refractivity contribution in [3.8, 4) is 11.4 Å². The second kappa shape index (κ2) is 11.1. The van der Waals surface area contributed by atoms with Gasteiger partial charge >= 0.3 is 6.61 Å². The normalized spacial score (nSPS) is 11.1. The van der Waals surface area contributed by atoms with Gasteiger partial charge in [-0.25, -0.2) is 4.98 Å². The van der Waals surface area contributed by atoms with E-state index < -0.39 is 6.61 Å². The number of alkyl halides is 2. The molecule has 180 valence electrons. The van der Waals surface area contributed by atoms with Gasteiger partial charge in [-0.05, 0) is 55.3 Å². The zero-order chi connectivity index (χ0) is 24.8. The maximum absolute atomic E-state index is 13.2.